The van der Waals surface area contributed by atoms with E-state index in [4.69, 9.17) is 4.74 Å². The summed E-state index contributed by atoms with van der Waals surface area (Å²) in [6.45, 7) is 4.08. The molecule has 0 bridgehead atoms. The number of ether oxygens (including phenoxy) is 1. The highest BCUT2D eigenvalue weighted by Gasteiger charge is 2.15. The first-order chi connectivity index (χ1) is 16.9. The van der Waals surface area contributed by atoms with Gasteiger partial charge in [0.25, 0.3) is 5.91 Å². The van der Waals surface area contributed by atoms with Crippen molar-refractivity contribution in [3.05, 3.63) is 101 Å². The van der Waals surface area contributed by atoms with E-state index in [1.807, 2.05) is 18.2 Å². The molecule has 1 aliphatic rings. The largest absolute Gasteiger partial charge is 0.379 e. The second kappa shape index (κ2) is 11.5. The van der Waals surface area contributed by atoms with Crippen LogP contribution in [0.15, 0.2) is 77.7 Å². The van der Waals surface area contributed by atoms with Gasteiger partial charge in [-0.2, -0.15) is 0 Å². The Balaban J connectivity index is 1.35. The number of hydrogen-bond acceptors (Lipinski definition) is 5. The maximum atomic E-state index is 13.3. The molecule has 0 aromatic heterocycles. The monoisotopic (exact) mass is 497 g/mol. The van der Waals surface area contributed by atoms with Gasteiger partial charge in [-0.1, -0.05) is 36.4 Å². The molecule has 0 aliphatic carbocycles. The fraction of sp³-hybridized carbons (Fsp3) is 0.269. The van der Waals surface area contributed by atoms with Crippen LogP contribution in [0.4, 0.5) is 4.39 Å². The van der Waals surface area contributed by atoms with Gasteiger partial charge in [-0.15, -0.1) is 0 Å². The number of rotatable bonds is 9. The molecule has 1 heterocycles. The Morgan fingerprint density at radius 1 is 0.886 bits per heavy atom. The first kappa shape index (κ1) is 25.0. The fourth-order valence-electron chi connectivity index (χ4n) is 3.84. The topological polar surface area (TPSA) is 87.7 Å². The quantitative estimate of drug-likeness (QED) is 0.475. The second-order valence-electron chi connectivity index (χ2n) is 8.37. The van der Waals surface area contributed by atoms with Crippen molar-refractivity contribution < 1.29 is 22.3 Å². The summed E-state index contributed by atoms with van der Waals surface area (Å²) in [5, 5.41) is 2.86. The van der Waals surface area contributed by atoms with Gasteiger partial charge in [0.15, 0.2) is 0 Å². The number of benzene rings is 3. The van der Waals surface area contributed by atoms with Crippen molar-refractivity contribution in [1.29, 1.82) is 0 Å². The molecule has 1 aliphatic heterocycles. The maximum absolute atomic E-state index is 13.3. The minimum Gasteiger partial charge on any atom is -0.379 e. The van der Waals surface area contributed by atoms with Crippen LogP contribution in [-0.4, -0.2) is 45.5 Å². The third-order valence-electron chi connectivity index (χ3n) is 5.72. The number of hydrogen-bond donors (Lipinski definition) is 2. The van der Waals surface area contributed by atoms with Crippen molar-refractivity contribution in [1.82, 2.24) is 14.9 Å². The van der Waals surface area contributed by atoms with Crippen LogP contribution in [-0.2, 0) is 34.4 Å². The molecule has 0 saturated carbocycles. The van der Waals surface area contributed by atoms with E-state index in [0.29, 0.717) is 16.7 Å². The lowest BCUT2D eigenvalue weighted by molar-refractivity contribution is 0.0342. The van der Waals surface area contributed by atoms with Crippen molar-refractivity contribution in [3.8, 4) is 0 Å². The lowest BCUT2D eigenvalue weighted by atomic mass is 10.1. The van der Waals surface area contributed by atoms with E-state index in [-0.39, 0.29) is 23.9 Å². The van der Waals surface area contributed by atoms with E-state index >= 15 is 0 Å². The molecule has 184 valence electrons. The van der Waals surface area contributed by atoms with Crippen LogP contribution < -0.4 is 10.0 Å². The van der Waals surface area contributed by atoms with Crippen LogP contribution in [0, 0.1) is 5.82 Å². The van der Waals surface area contributed by atoms with Gasteiger partial charge in [0.1, 0.15) is 5.82 Å². The average molecular weight is 498 g/mol. The number of amides is 1. The summed E-state index contributed by atoms with van der Waals surface area (Å²) in [5.41, 5.74) is 2.78. The summed E-state index contributed by atoms with van der Waals surface area (Å²) >= 11 is 0. The summed E-state index contributed by atoms with van der Waals surface area (Å²) in [6.07, 6.45) is 0. The van der Waals surface area contributed by atoms with Gasteiger partial charge in [0, 0.05) is 38.3 Å². The van der Waals surface area contributed by atoms with Crippen LogP contribution in [0.1, 0.15) is 27.0 Å². The SMILES string of the molecule is O=C(NCc1cccc(S(=O)(=O)NCc2cccc(F)c2)c1)c1cccc(CN2CCOCC2)c1. The zero-order valence-electron chi connectivity index (χ0n) is 19.2. The third-order valence-corrected chi connectivity index (χ3v) is 7.12. The molecule has 0 atom stereocenters. The number of carbonyl (C=O) groups is 1. The number of halogens is 1. The van der Waals surface area contributed by atoms with Gasteiger partial charge < -0.3 is 10.1 Å². The molecule has 1 saturated heterocycles. The van der Waals surface area contributed by atoms with E-state index in [9.17, 15) is 17.6 Å². The Labute approximate surface area is 205 Å². The minimum absolute atomic E-state index is 0.0259. The fourth-order valence-corrected chi connectivity index (χ4v) is 4.93. The molecule has 35 heavy (non-hydrogen) atoms. The second-order valence-corrected chi connectivity index (χ2v) is 10.1. The average Bonchev–Trinajstić information content (AvgIpc) is 2.87. The maximum Gasteiger partial charge on any atom is 0.251 e. The van der Waals surface area contributed by atoms with E-state index in [1.165, 1.54) is 30.3 Å². The van der Waals surface area contributed by atoms with Crippen molar-refractivity contribution in [2.24, 2.45) is 0 Å². The molecule has 7 nitrogen and oxygen atoms in total. The highest BCUT2D eigenvalue weighted by molar-refractivity contribution is 7.89. The van der Waals surface area contributed by atoms with Crippen LogP contribution in [0.25, 0.3) is 0 Å². The molecule has 1 fully saturated rings. The zero-order valence-corrected chi connectivity index (χ0v) is 20.1. The highest BCUT2D eigenvalue weighted by atomic mass is 32.2. The van der Waals surface area contributed by atoms with E-state index < -0.39 is 15.8 Å². The summed E-state index contributed by atoms with van der Waals surface area (Å²) in [6, 6.07) is 19.6. The Hall–Kier alpha value is -3.11. The van der Waals surface area contributed by atoms with Crippen molar-refractivity contribution in [3.63, 3.8) is 0 Å². The lowest BCUT2D eigenvalue weighted by Gasteiger charge is -2.26. The normalized spacial score (nSPS) is 14.5. The lowest BCUT2D eigenvalue weighted by Crippen LogP contribution is -2.35. The van der Waals surface area contributed by atoms with E-state index in [0.717, 1.165) is 38.4 Å². The minimum atomic E-state index is -3.80. The molecular formula is C26H28FN3O4S. The van der Waals surface area contributed by atoms with Crippen molar-refractivity contribution in [2.45, 2.75) is 24.5 Å². The molecule has 0 unspecified atom stereocenters. The van der Waals surface area contributed by atoms with Gasteiger partial charge >= 0.3 is 0 Å². The molecule has 0 spiro atoms. The summed E-state index contributed by atoms with van der Waals surface area (Å²) in [5.74, 6) is -0.655. The summed E-state index contributed by atoms with van der Waals surface area (Å²) < 4.78 is 46.6. The Morgan fingerprint density at radius 3 is 2.34 bits per heavy atom. The number of nitrogens with zero attached hydrogens (tertiary/aromatic N) is 1. The molecule has 0 radical (unpaired) electrons. The van der Waals surface area contributed by atoms with Crippen LogP contribution in [0.3, 0.4) is 0 Å². The van der Waals surface area contributed by atoms with Crippen LogP contribution in [0.2, 0.25) is 0 Å². The van der Waals surface area contributed by atoms with Gasteiger partial charge in [-0.05, 0) is 53.1 Å². The molecule has 1 amide bonds. The number of morpholine rings is 1. The predicted octanol–water partition coefficient (Wildman–Crippen LogP) is 3.07. The molecule has 3 aromatic carbocycles. The van der Waals surface area contributed by atoms with Gasteiger partial charge in [0.05, 0.1) is 18.1 Å². The molecule has 4 rings (SSSR count). The zero-order chi connectivity index (χ0) is 24.7. The Morgan fingerprint density at radius 2 is 1.57 bits per heavy atom. The highest BCUT2D eigenvalue weighted by Crippen LogP contribution is 2.14. The van der Waals surface area contributed by atoms with Crippen molar-refractivity contribution >= 4 is 15.9 Å². The number of nitrogens with one attached hydrogen (secondary N) is 2. The predicted molar refractivity (Wildman–Crippen MR) is 131 cm³/mol. The van der Waals surface area contributed by atoms with Crippen molar-refractivity contribution in [2.75, 3.05) is 26.3 Å². The first-order valence-electron chi connectivity index (χ1n) is 11.4. The first-order valence-corrected chi connectivity index (χ1v) is 12.9. The molecule has 3 aromatic rings. The summed E-state index contributed by atoms with van der Waals surface area (Å²) in [7, 11) is -3.80. The molecule has 9 heteroatoms. The van der Waals surface area contributed by atoms with Gasteiger partial charge in [-0.3, -0.25) is 9.69 Å². The van der Waals surface area contributed by atoms with Gasteiger partial charge in [-0.25, -0.2) is 17.5 Å². The molecular weight excluding hydrogens is 469 g/mol. The number of sulfonamides is 1. The van der Waals surface area contributed by atoms with Gasteiger partial charge in [0.2, 0.25) is 10.0 Å². The van der Waals surface area contributed by atoms with E-state index in [1.54, 1.807) is 24.3 Å². The smallest absolute Gasteiger partial charge is 0.251 e. The standard InChI is InChI=1S/C26H28FN3O4S/c27-24-8-2-4-20(15-24)18-29-35(32,33)25-9-3-5-21(16-25)17-28-26(31)23-7-1-6-22(14-23)19-30-10-12-34-13-11-30/h1-9,14-16,29H,10-13,17-19H2,(H,28,31). The number of carbonyl (C=O) groups excluding carboxylic acids is 1. The molecule has 2 N–H and O–H groups in total. The Kier molecular flexibility index (Phi) is 8.25. The summed E-state index contributed by atoms with van der Waals surface area (Å²) in [4.78, 5) is 15.1. The van der Waals surface area contributed by atoms with Crippen LogP contribution >= 0.6 is 0 Å². The van der Waals surface area contributed by atoms with E-state index in [2.05, 4.69) is 14.9 Å². The third kappa shape index (κ3) is 7.19. The Bertz CT molecular complexity index is 1280. The van der Waals surface area contributed by atoms with Crippen LogP contribution in [0.5, 0.6) is 0 Å².